The largest absolute Gasteiger partial charge is 0.408 e. The molecule has 0 amide bonds. The number of rotatable bonds is 2. The summed E-state index contributed by atoms with van der Waals surface area (Å²) in [4.78, 5) is 0. The van der Waals surface area contributed by atoms with E-state index >= 15 is 0 Å². The Balaban J connectivity index is 2.15. The average Bonchev–Trinajstić information content (AvgIpc) is 2.56. The average molecular weight is 190 g/mol. The second-order valence-corrected chi connectivity index (χ2v) is 2.95. The lowest BCUT2D eigenvalue weighted by atomic mass is 10.1. The van der Waals surface area contributed by atoms with Crippen molar-refractivity contribution in [3.05, 3.63) is 35.7 Å². The molecule has 14 heavy (non-hydrogen) atoms. The molecule has 0 saturated heterocycles. The number of hydrogen-bond acceptors (Lipinski definition) is 5. The number of nitrogens with zero attached hydrogens (tertiary/aromatic N) is 2. The first-order chi connectivity index (χ1) is 6.74. The van der Waals surface area contributed by atoms with Gasteiger partial charge in [0.1, 0.15) is 0 Å². The zero-order valence-electron chi connectivity index (χ0n) is 7.47. The molecule has 0 fully saturated rings. The highest BCUT2D eigenvalue weighted by Gasteiger charge is 2.03. The Kier molecular flexibility index (Phi) is 2.06. The maximum Gasteiger partial charge on any atom is 0.312 e. The highest BCUT2D eigenvalue weighted by atomic mass is 16.4. The third-order valence-electron chi connectivity index (χ3n) is 1.82. The van der Waals surface area contributed by atoms with Gasteiger partial charge in [-0.2, -0.15) is 0 Å². The van der Waals surface area contributed by atoms with Gasteiger partial charge in [-0.3, -0.25) is 0 Å². The summed E-state index contributed by atoms with van der Waals surface area (Å²) in [7, 11) is 0. The van der Waals surface area contributed by atoms with E-state index in [-0.39, 0.29) is 6.01 Å². The fraction of sp³-hybridized carbons (Fsp3) is 0.111. The molecule has 0 bridgehead atoms. The molecule has 1 heterocycles. The van der Waals surface area contributed by atoms with E-state index in [1.54, 1.807) is 0 Å². The SMILES string of the molecule is Nc1ccc(Cc2nnc(N)o2)cc1. The van der Waals surface area contributed by atoms with Crippen molar-refractivity contribution in [3.8, 4) is 0 Å². The Morgan fingerprint density at radius 2 is 1.79 bits per heavy atom. The molecule has 0 aliphatic rings. The minimum atomic E-state index is 0.0930. The van der Waals surface area contributed by atoms with Crippen LogP contribution in [-0.2, 0) is 6.42 Å². The van der Waals surface area contributed by atoms with Gasteiger partial charge in [0.05, 0.1) is 6.42 Å². The van der Waals surface area contributed by atoms with Crippen LogP contribution in [0.15, 0.2) is 28.7 Å². The van der Waals surface area contributed by atoms with Gasteiger partial charge in [0.2, 0.25) is 5.89 Å². The molecule has 2 aromatic rings. The first-order valence-electron chi connectivity index (χ1n) is 4.16. The van der Waals surface area contributed by atoms with Crippen molar-refractivity contribution in [3.63, 3.8) is 0 Å². The Morgan fingerprint density at radius 3 is 2.36 bits per heavy atom. The predicted octanol–water partition coefficient (Wildman–Crippen LogP) is 0.825. The maximum atomic E-state index is 5.55. The number of nitrogens with two attached hydrogens (primary N) is 2. The van der Waals surface area contributed by atoms with E-state index in [9.17, 15) is 0 Å². The molecule has 0 spiro atoms. The van der Waals surface area contributed by atoms with Crippen molar-refractivity contribution < 1.29 is 4.42 Å². The lowest BCUT2D eigenvalue weighted by Gasteiger charge is -1.97. The van der Waals surface area contributed by atoms with Crippen LogP contribution in [0.5, 0.6) is 0 Å². The molecule has 5 nitrogen and oxygen atoms in total. The van der Waals surface area contributed by atoms with Gasteiger partial charge in [0.25, 0.3) is 0 Å². The molecule has 0 unspecified atom stereocenters. The smallest absolute Gasteiger partial charge is 0.312 e. The second kappa shape index (κ2) is 3.37. The minimum Gasteiger partial charge on any atom is -0.408 e. The van der Waals surface area contributed by atoms with Crippen molar-refractivity contribution >= 4 is 11.7 Å². The van der Waals surface area contributed by atoms with Gasteiger partial charge in [-0.1, -0.05) is 17.2 Å². The molecule has 1 aromatic heterocycles. The van der Waals surface area contributed by atoms with Crippen molar-refractivity contribution in [1.29, 1.82) is 0 Å². The van der Waals surface area contributed by atoms with E-state index < -0.39 is 0 Å². The van der Waals surface area contributed by atoms with Crippen LogP contribution in [0.3, 0.4) is 0 Å². The number of anilines is 2. The van der Waals surface area contributed by atoms with E-state index in [0.29, 0.717) is 12.3 Å². The summed E-state index contributed by atoms with van der Waals surface area (Å²) >= 11 is 0. The van der Waals surface area contributed by atoms with Crippen molar-refractivity contribution in [2.75, 3.05) is 11.5 Å². The Labute approximate surface area is 80.7 Å². The van der Waals surface area contributed by atoms with Crippen LogP contribution in [0.4, 0.5) is 11.7 Å². The molecular formula is C9H10N4O. The summed E-state index contributed by atoms with van der Waals surface area (Å²) < 4.78 is 5.04. The summed E-state index contributed by atoms with van der Waals surface area (Å²) in [5.41, 5.74) is 12.6. The van der Waals surface area contributed by atoms with Crippen molar-refractivity contribution in [1.82, 2.24) is 10.2 Å². The van der Waals surface area contributed by atoms with Crippen LogP contribution < -0.4 is 11.5 Å². The summed E-state index contributed by atoms with van der Waals surface area (Å²) in [6, 6.07) is 7.57. The first kappa shape index (κ1) is 8.55. The van der Waals surface area contributed by atoms with Crippen LogP contribution >= 0.6 is 0 Å². The molecule has 0 aliphatic heterocycles. The summed E-state index contributed by atoms with van der Waals surface area (Å²) in [6.45, 7) is 0. The van der Waals surface area contributed by atoms with E-state index in [4.69, 9.17) is 15.9 Å². The van der Waals surface area contributed by atoms with E-state index in [0.717, 1.165) is 11.3 Å². The zero-order chi connectivity index (χ0) is 9.97. The van der Waals surface area contributed by atoms with Crippen LogP contribution in [0, 0.1) is 0 Å². The second-order valence-electron chi connectivity index (χ2n) is 2.95. The Hall–Kier alpha value is -2.04. The standard InChI is InChI=1S/C9H10N4O/c10-7-3-1-6(2-4-7)5-8-12-13-9(11)14-8/h1-4H,5,10H2,(H2,11,13). The van der Waals surface area contributed by atoms with Gasteiger partial charge in [0, 0.05) is 5.69 Å². The Bertz CT molecular complexity index is 421. The number of benzene rings is 1. The lowest BCUT2D eigenvalue weighted by Crippen LogP contribution is -1.90. The highest BCUT2D eigenvalue weighted by Crippen LogP contribution is 2.11. The fourth-order valence-electron chi connectivity index (χ4n) is 1.15. The monoisotopic (exact) mass is 190 g/mol. The topological polar surface area (TPSA) is 91.0 Å². The predicted molar refractivity (Wildman–Crippen MR) is 52.4 cm³/mol. The quantitative estimate of drug-likeness (QED) is 0.684. The zero-order valence-corrected chi connectivity index (χ0v) is 7.47. The summed E-state index contributed by atoms with van der Waals surface area (Å²) in [5.74, 6) is 0.507. The molecule has 0 radical (unpaired) electrons. The molecule has 4 N–H and O–H groups in total. The molecule has 5 heteroatoms. The molecule has 72 valence electrons. The summed E-state index contributed by atoms with van der Waals surface area (Å²) in [6.07, 6.45) is 0.574. The van der Waals surface area contributed by atoms with Gasteiger partial charge in [-0.25, -0.2) is 0 Å². The van der Waals surface area contributed by atoms with Gasteiger partial charge in [0.15, 0.2) is 0 Å². The third-order valence-corrected chi connectivity index (χ3v) is 1.82. The summed E-state index contributed by atoms with van der Waals surface area (Å²) in [5, 5.41) is 7.33. The minimum absolute atomic E-state index is 0.0930. The normalized spacial score (nSPS) is 10.3. The molecule has 0 aliphatic carbocycles. The van der Waals surface area contributed by atoms with Crippen LogP contribution in [0.2, 0.25) is 0 Å². The molecule has 0 saturated carbocycles. The van der Waals surface area contributed by atoms with Gasteiger partial charge in [-0.15, -0.1) is 5.10 Å². The lowest BCUT2D eigenvalue weighted by molar-refractivity contribution is 0.522. The number of nitrogen functional groups attached to an aromatic ring is 2. The van der Waals surface area contributed by atoms with E-state index in [1.165, 1.54) is 0 Å². The van der Waals surface area contributed by atoms with Crippen LogP contribution in [0.25, 0.3) is 0 Å². The maximum absolute atomic E-state index is 5.55. The molecule has 2 rings (SSSR count). The van der Waals surface area contributed by atoms with Crippen molar-refractivity contribution in [2.24, 2.45) is 0 Å². The third kappa shape index (κ3) is 1.82. The molecular weight excluding hydrogens is 180 g/mol. The van der Waals surface area contributed by atoms with Gasteiger partial charge >= 0.3 is 6.01 Å². The van der Waals surface area contributed by atoms with Gasteiger partial charge in [-0.05, 0) is 17.7 Å². The van der Waals surface area contributed by atoms with Crippen molar-refractivity contribution in [2.45, 2.75) is 6.42 Å². The van der Waals surface area contributed by atoms with E-state index in [2.05, 4.69) is 10.2 Å². The highest BCUT2D eigenvalue weighted by molar-refractivity contribution is 5.39. The van der Waals surface area contributed by atoms with Crippen LogP contribution in [-0.4, -0.2) is 10.2 Å². The Morgan fingerprint density at radius 1 is 1.07 bits per heavy atom. The number of aromatic nitrogens is 2. The first-order valence-corrected chi connectivity index (χ1v) is 4.16. The molecule has 0 atom stereocenters. The van der Waals surface area contributed by atoms with Gasteiger partial charge < -0.3 is 15.9 Å². The van der Waals surface area contributed by atoms with Crippen LogP contribution in [0.1, 0.15) is 11.5 Å². The molecule has 1 aromatic carbocycles. The van der Waals surface area contributed by atoms with E-state index in [1.807, 2.05) is 24.3 Å². The number of hydrogen-bond donors (Lipinski definition) is 2. The fourth-order valence-corrected chi connectivity index (χ4v) is 1.15.